The standard InChI is InChI=1S/C23H23BrFN3O.C12H17NO.C11H8BrFN2O.C11H7BrFNO2.C8H21NOSi.C7H5BrFNO2.C7H6FNO2.C4H5ClO.ClH.H3N.H2O/c1-29-20-5-3-2-4-17(20)14-8-10-28(11-9-14)23-18-12-16(24)13-19(25)21(18)26-22(27-23)15-6-7-15;1-14-12-5-3-2-4-11(12)10-6-8-13-9-7-10;12-6-3-7-9(8(13)4-6)14-10(5-1-2-5)15-11(7)16;12-6-3-7-9(8(13)4-6)14-10(5-1-2-5)16-11(7)15;1-8(2,3)11(4,5)10-7-6-9;8-3-1-4(7(11)12)6(10)5(9)2-3;8-5-3-1-2-4(6(5)9)7(10)11;5-4(6)3-1-2-3;;;/h2-5,12-15H,6-11H2,1H3;2-5,10,13H,6-9H2,1H3;3-5H,1-2H2,(H,14,15,16);3-5H,1-2H2;6-7,9H2,1-5H3;1-2H,10H2,(H,11,12);1-3H,9H2,(H,10,11);3H,1-2H2;1H;1H3;1H2. The van der Waals surface area contributed by atoms with E-state index in [1.54, 1.807) is 20.3 Å². The highest BCUT2D eigenvalue weighted by atomic mass is 79.9. The number of carboxylic acids is 2. The number of hydrogen-bond acceptors (Lipinski definition) is 19. The third-order valence-electron chi connectivity index (χ3n) is 20.1. The number of hydrogen-bond donors (Lipinski definition) is 8. The summed E-state index contributed by atoms with van der Waals surface area (Å²) in [6, 6.07) is 31.8. The van der Waals surface area contributed by atoms with Crippen molar-refractivity contribution in [2.24, 2.45) is 11.7 Å². The van der Waals surface area contributed by atoms with Gasteiger partial charge >= 0.3 is 17.6 Å². The van der Waals surface area contributed by atoms with Gasteiger partial charge in [-0.2, -0.15) is 0 Å². The average Bonchev–Trinajstić information content (AvgIpc) is 1.16. The number of fused-ring (bicyclic) bond motifs is 3. The zero-order valence-electron chi connectivity index (χ0n) is 66.1. The van der Waals surface area contributed by atoms with Crippen LogP contribution in [0.2, 0.25) is 18.1 Å². The van der Waals surface area contributed by atoms with Crippen LogP contribution in [0.3, 0.4) is 0 Å². The number of nitrogens with one attached hydrogen (secondary N) is 2. The number of aromatic carboxylic acids is 2. The number of aromatic amines is 1. The average molecular weight is 1960 g/mol. The number of anilines is 3. The van der Waals surface area contributed by atoms with Crippen LogP contribution < -0.4 is 54.2 Å². The molecule has 5 heterocycles. The second-order valence-corrected chi connectivity index (χ2v) is 38.6. The summed E-state index contributed by atoms with van der Waals surface area (Å²) in [6.45, 7) is 16.5. The van der Waals surface area contributed by atoms with Crippen molar-refractivity contribution >= 4 is 163 Å². The monoisotopic (exact) mass is 1950 g/mol. The first-order chi connectivity index (χ1) is 54.6. The minimum atomic E-state index is -1.51. The number of nitrogens with two attached hydrogens (primary N) is 3. The van der Waals surface area contributed by atoms with Crippen LogP contribution in [0.25, 0.3) is 32.7 Å². The molecule has 6 fully saturated rings. The number of rotatable bonds is 14. The van der Waals surface area contributed by atoms with Gasteiger partial charge in [0.15, 0.2) is 25.8 Å². The van der Waals surface area contributed by atoms with E-state index in [0.717, 1.165) is 136 Å². The van der Waals surface area contributed by atoms with Gasteiger partial charge in [0.05, 0.1) is 47.5 Å². The number of carboxylic acid groups (broad SMARTS) is 2. The molecule has 0 radical (unpaired) electrons. The first-order valence-electron chi connectivity index (χ1n) is 37.5. The lowest BCUT2D eigenvalue weighted by Gasteiger charge is -2.35. The maximum atomic E-state index is 14.7. The molecule has 4 aliphatic carbocycles. The third kappa shape index (κ3) is 27.5. The van der Waals surface area contributed by atoms with Crippen molar-refractivity contribution in [2.75, 3.05) is 69.9 Å². The summed E-state index contributed by atoms with van der Waals surface area (Å²) < 4.78 is 91.2. The molecule has 6 aliphatic rings. The van der Waals surface area contributed by atoms with Crippen LogP contribution >= 0.6 is 87.7 Å². The van der Waals surface area contributed by atoms with E-state index in [9.17, 15) is 45.9 Å². The molecule has 16 rings (SSSR count). The molecule has 2 aliphatic heterocycles. The Morgan fingerprint density at radius 3 is 1.52 bits per heavy atom. The highest BCUT2D eigenvalue weighted by molar-refractivity contribution is 9.11. The Bertz CT molecular complexity index is 5140. The number of nitrogens with zero attached hydrogens (tertiary/aromatic N) is 5. The third-order valence-corrected chi connectivity index (χ3v) is 26.8. The largest absolute Gasteiger partial charge is 0.496 e. The van der Waals surface area contributed by atoms with Gasteiger partial charge in [0.2, 0.25) is 11.1 Å². The molecule has 15 N–H and O–H groups in total. The minimum absolute atomic E-state index is 0. The number of para-hydroxylation sites is 3. The Morgan fingerprint density at radius 2 is 1.05 bits per heavy atom. The van der Waals surface area contributed by atoms with Gasteiger partial charge in [-0.3, -0.25) is 9.59 Å². The Balaban J connectivity index is 0.000000216. The van der Waals surface area contributed by atoms with Gasteiger partial charge in [-0.1, -0.05) is 127 Å². The molecule has 4 saturated carbocycles. The number of nitrogen functional groups attached to an aromatic ring is 2. The molecular formula is C83H98Br4Cl2F5N11O12Si. The van der Waals surface area contributed by atoms with Crippen molar-refractivity contribution in [1.82, 2.24) is 36.4 Å². The highest BCUT2D eigenvalue weighted by Gasteiger charge is 2.37. The smallest absolute Gasteiger partial charge is 0.346 e. The molecule has 118 heavy (non-hydrogen) atoms. The molecule has 10 aromatic rings. The summed E-state index contributed by atoms with van der Waals surface area (Å²) in [5.74, 6) is 1.73. The maximum Gasteiger partial charge on any atom is 0.346 e. The van der Waals surface area contributed by atoms with Crippen LogP contribution in [0, 0.1) is 35.0 Å². The second-order valence-electron chi connectivity index (χ2n) is 29.8. The Hall–Kier alpha value is -8.06. The zero-order valence-corrected chi connectivity index (χ0v) is 75.0. The van der Waals surface area contributed by atoms with Crippen molar-refractivity contribution < 1.29 is 70.3 Å². The van der Waals surface area contributed by atoms with Gasteiger partial charge < -0.3 is 72.6 Å². The summed E-state index contributed by atoms with van der Waals surface area (Å²) in [7, 11) is 1.97. The van der Waals surface area contributed by atoms with Crippen molar-refractivity contribution in [1.29, 1.82) is 0 Å². The Labute approximate surface area is 725 Å². The first kappa shape index (κ1) is 98.8. The maximum absolute atomic E-state index is 14.7. The lowest BCUT2D eigenvalue weighted by molar-refractivity contribution is -0.112. The summed E-state index contributed by atoms with van der Waals surface area (Å²) in [5, 5.41) is 21.8. The summed E-state index contributed by atoms with van der Waals surface area (Å²) in [4.78, 5) is 76.9. The quantitative estimate of drug-likeness (QED) is 0.0217. The topological polar surface area (TPSA) is 394 Å². The highest BCUT2D eigenvalue weighted by Crippen LogP contribution is 2.44. The minimum Gasteiger partial charge on any atom is -0.496 e. The Kier molecular flexibility index (Phi) is 37.7. The van der Waals surface area contributed by atoms with Gasteiger partial charge in [-0.05, 0) is 216 Å². The van der Waals surface area contributed by atoms with Gasteiger partial charge in [0.1, 0.15) is 57.2 Å². The second kappa shape index (κ2) is 45.0. The molecule has 23 nitrogen and oxygen atoms in total. The van der Waals surface area contributed by atoms with E-state index < -0.39 is 49.2 Å². The molecule has 638 valence electrons. The van der Waals surface area contributed by atoms with E-state index in [1.165, 1.54) is 66.4 Å². The number of methoxy groups -OCH3 is 2. The molecule has 0 atom stereocenters. The molecule has 3 aromatic heterocycles. The lowest BCUT2D eigenvalue weighted by Crippen LogP contribution is -2.41. The SMILES string of the molecule is CC(C)(C)[Si](C)(C)OCCN.COc1ccccc1C1CCN(c2nc(C3CC3)nc3c(F)cc(Br)cc23)CC1.COc1ccccc1C1CCNCC1.Cl.N.Nc1c(F)cc(Br)cc1C(=O)O.Nc1c(F)cccc1C(=O)O.O.O=C(Cl)C1CC1.O=c1[nH]c(C2CC2)nc2c(F)cc(Br)cc12.O=c1oc(C2CC2)nc2c(F)cc(Br)cc12. The molecule has 0 bridgehead atoms. The van der Waals surface area contributed by atoms with Crippen molar-refractivity contribution in [3.63, 3.8) is 0 Å². The van der Waals surface area contributed by atoms with Crippen molar-refractivity contribution in [3.8, 4) is 11.5 Å². The molecule has 0 unspecified atom stereocenters. The first-order valence-corrected chi connectivity index (χ1v) is 43.9. The molecule has 2 saturated heterocycles. The number of ether oxygens (including phenoxy) is 2. The molecule has 35 heteroatoms. The number of piperidine rings is 2. The van der Waals surface area contributed by atoms with E-state index in [1.807, 2.05) is 24.3 Å². The van der Waals surface area contributed by atoms with E-state index in [4.69, 9.17) is 62.3 Å². The van der Waals surface area contributed by atoms with Crippen LogP contribution in [0.4, 0.5) is 39.1 Å². The fourth-order valence-electron chi connectivity index (χ4n) is 12.2. The van der Waals surface area contributed by atoms with Crippen LogP contribution in [0.1, 0.15) is 177 Å². The van der Waals surface area contributed by atoms with E-state index in [2.05, 4.69) is 158 Å². The van der Waals surface area contributed by atoms with Crippen LogP contribution in [0.15, 0.2) is 147 Å². The zero-order chi connectivity index (χ0) is 83.8. The number of benzene rings is 7. The number of carbonyl (C=O) groups is 3. The van der Waals surface area contributed by atoms with E-state index in [-0.39, 0.29) is 96.8 Å². The summed E-state index contributed by atoms with van der Waals surface area (Å²) >= 11 is 17.7. The Morgan fingerprint density at radius 1 is 0.585 bits per heavy atom. The normalized spacial score (nSPS) is 14.9. The number of halogens is 11. The van der Waals surface area contributed by atoms with Crippen LogP contribution in [0.5, 0.6) is 11.5 Å². The number of carbonyl (C=O) groups excluding carboxylic acids is 1. The fraction of sp³-hybridized carbons (Fsp3) is 0.386. The molecular weight excluding hydrogens is 1860 g/mol. The van der Waals surface area contributed by atoms with Gasteiger partial charge in [0.25, 0.3) is 5.56 Å². The lowest BCUT2D eigenvalue weighted by atomic mass is 9.88. The number of H-pyrrole nitrogens is 1. The molecule has 7 aromatic carbocycles. The molecule has 0 amide bonds. The predicted molar refractivity (Wildman–Crippen MR) is 471 cm³/mol. The van der Waals surface area contributed by atoms with E-state index in [0.29, 0.717) is 72.5 Å². The van der Waals surface area contributed by atoms with Gasteiger partial charge in [0, 0.05) is 73.2 Å². The van der Waals surface area contributed by atoms with Crippen LogP contribution in [-0.4, -0.2) is 120 Å². The number of aromatic nitrogens is 5. The van der Waals surface area contributed by atoms with Crippen LogP contribution in [-0.2, 0) is 9.22 Å². The summed E-state index contributed by atoms with van der Waals surface area (Å²) in [5.41, 5.74) is 17.1. The fourth-order valence-corrected chi connectivity index (χ4v) is 15.1. The van der Waals surface area contributed by atoms with Gasteiger partial charge in [-0.25, -0.2) is 56.3 Å². The van der Waals surface area contributed by atoms with E-state index >= 15 is 0 Å². The van der Waals surface area contributed by atoms with Gasteiger partial charge in [-0.15, -0.1) is 12.4 Å². The summed E-state index contributed by atoms with van der Waals surface area (Å²) in [6.07, 6.45) is 12.7. The van der Waals surface area contributed by atoms with Crippen molar-refractivity contribution in [3.05, 3.63) is 223 Å². The van der Waals surface area contributed by atoms with Crippen molar-refractivity contribution in [2.45, 2.75) is 146 Å². The molecule has 0 spiro atoms. The predicted octanol–water partition coefficient (Wildman–Crippen LogP) is 19.5.